The summed E-state index contributed by atoms with van der Waals surface area (Å²) in [7, 11) is 0. The number of benzene rings is 1. The number of rotatable bonds is 5. The minimum atomic E-state index is 0.831. The van der Waals surface area contributed by atoms with E-state index in [1.807, 2.05) is 12.4 Å². The molecule has 1 aromatic carbocycles. The quantitative estimate of drug-likeness (QED) is 0.418. The van der Waals surface area contributed by atoms with Gasteiger partial charge in [-0.1, -0.05) is 81.4 Å². The molecule has 148 valence electrons. The van der Waals surface area contributed by atoms with E-state index in [0.29, 0.717) is 0 Å². The Hall–Kier alpha value is -1.96. The van der Waals surface area contributed by atoms with Gasteiger partial charge in [-0.25, -0.2) is 9.97 Å². The molecule has 1 aromatic heterocycles. The summed E-state index contributed by atoms with van der Waals surface area (Å²) in [6.45, 7) is 2.18. The van der Waals surface area contributed by atoms with E-state index in [2.05, 4.69) is 47.2 Å². The highest BCUT2D eigenvalue weighted by molar-refractivity contribution is 5.55. The minimum absolute atomic E-state index is 0.831. The van der Waals surface area contributed by atoms with Gasteiger partial charge in [-0.05, 0) is 55.1 Å². The molecule has 0 N–H and O–H groups in total. The van der Waals surface area contributed by atoms with Gasteiger partial charge < -0.3 is 0 Å². The fourth-order valence-corrected chi connectivity index (χ4v) is 5.03. The maximum atomic E-state index is 4.63. The molecule has 1 unspecified atom stereocenters. The molecule has 28 heavy (non-hydrogen) atoms. The first-order chi connectivity index (χ1) is 13.8. The number of hydrogen-bond donors (Lipinski definition) is 0. The summed E-state index contributed by atoms with van der Waals surface area (Å²) in [6, 6.07) is 8.60. The average molecular weight is 375 g/mol. The van der Waals surface area contributed by atoms with Crippen molar-refractivity contribution >= 4 is 0 Å². The number of allylic oxidation sites excluding steroid dienone is 2. The van der Waals surface area contributed by atoms with E-state index in [1.165, 1.54) is 68.9 Å². The van der Waals surface area contributed by atoms with Crippen molar-refractivity contribution in [2.75, 3.05) is 0 Å². The summed E-state index contributed by atoms with van der Waals surface area (Å²) in [6.07, 6.45) is 21.4. The Morgan fingerprint density at radius 1 is 0.821 bits per heavy atom. The van der Waals surface area contributed by atoms with Crippen molar-refractivity contribution in [3.8, 4) is 11.4 Å². The Morgan fingerprint density at radius 3 is 2.14 bits per heavy atom. The van der Waals surface area contributed by atoms with Gasteiger partial charge in [-0.3, -0.25) is 0 Å². The smallest absolute Gasteiger partial charge is 0.159 e. The number of aromatic nitrogens is 2. The molecule has 2 aliphatic carbocycles. The Labute approximate surface area is 170 Å². The molecule has 2 aromatic rings. The Morgan fingerprint density at radius 2 is 1.54 bits per heavy atom. The molecule has 2 heteroatoms. The van der Waals surface area contributed by atoms with Gasteiger partial charge in [0.15, 0.2) is 5.82 Å². The minimum Gasteiger partial charge on any atom is -0.236 e. The zero-order valence-corrected chi connectivity index (χ0v) is 17.4. The number of aryl methyl sites for hydroxylation is 1. The summed E-state index contributed by atoms with van der Waals surface area (Å²) >= 11 is 0. The van der Waals surface area contributed by atoms with Gasteiger partial charge in [0.1, 0.15) is 0 Å². The average Bonchev–Trinajstić information content (AvgIpc) is 3.05. The molecule has 0 saturated heterocycles. The van der Waals surface area contributed by atoms with E-state index in [0.717, 1.165) is 36.1 Å². The molecule has 1 heterocycles. The van der Waals surface area contributed by atoms with Crippen molar-refractivity contribution in [3.63, 3.8) is 0 Å². The van der Waals surface area contributed by atoms with E-state index in [1.54, 1.807) is 5.57 Å². The van der Waals surface area contributed by atoms with E-state index < -0.39 is 0 Å². The molecule has 0 spiro atoms. The topological polar surface area (TPSA) is 25.8 Å². The molecule has 1 fully saturated rings. The first-order valence-electron chi connectivity index (χ1n) is 11.4. The van der Waals surface area contributed by atoms with Gasteiger partial charge in [-0.2, -0.15) is 0 Å². The molecule has 1 atom stereocenters. The van der Waals surface area contributed by atoms with Crippen LogP contribution >= 0.6 is 0 Å². The highest BCUT2D eigenvalue weighted by Crippen LogP contribution is 2.37. The van der Waals surface area contributed by atoms with Gasteiger partial charge >= 0.3 is 0 Å². The van der Waals surface area contributed by atoms with Crippen LogP contribution in [0.3, 0.4) is 0 Å². The molecular weight excluding hydrogens is 340 g/mol. The summed E-state index contributed by atoms with van der Waals surface area (Å²) in [4.78, 5) is 9.26. The monoisotopic (exact) mass is 374 g/mol. The van der Waals surface area contributed by atoms with E-state index in [4.69, 9.17) is 0 Å². The van der Waals surface area contributed by atoms with E-state index >= 15 is 0 Å². The molecule has 0 bridgehead atoms. The predicted molar refractivity (Wildman–Crippen MR) is 117 cm³/mol. The highest BCUT2D eigenvalue weighted by atomic mass is 14.9. The molecule has 1 saturated carbocycles. The third-order valence-electron chi connectivity index (χ3n) is 6.87. The highest BCUT2D eigenvalue weighted by Gasteiger charge is 2.24. The molecule has 4 rings (SSSR count). The maximum Gasteiger partial charge on any atom is 0.159 e. The van der Waals surface area contributed by atoms with Crippen LogP contribution < -0.4 is 0 Å². The summed E-state index contributed by atoms with van der Waals surface area (Å²) in [5, 5.41) is 0. The second-order valence-corrected chi connectivity index (χ2v) is 8.79. The van der Waals surface area contributed by atoms with Crippen LogP contribution in [0.25, 0.3) is 11.4 Å². The predicted octanol–water partition coefficient (Wildman–Crippen LogP) is 6.95. The molecule has 0 radical (unpaired) electrons. The van der Waals surface area contributed by atoms with Gasteiger partial charge in [0.05, 0.1) is 0 Å². The van der Waals surface area contributed by atoms with Crippen LogP contribution in [0, 0.1) is 11.8 Å². The van der Waals surface area contributed by atoms with Crippen molar-refractivity contribution in [1.82, 2.24) is 9.97 Å². The largest absolute Gasteiger partial charge is 0.236 e. The van der Waals surface area contributed by atoms with Gasteiger partial charge in [0.2, 0.25) is 0 Å². The summed E-state index contributed by atoms with van der Waals surface area (Å²) < 4.78 is 0. The van der Waals surface area contributed by atoms with Crippen LogP contribution in [0.5, 0.6) is 0 Å². The Bertz CT molecular complexity index is 765. The van der Waals surface area contributed by atoms with Crippen LogP contribution in [0.1, 0.15) is 75.8 Å². The Balaban J connectivity index is 1.34. The van der Waals surface area contributed by atoms with E-state index in [9.17, 15) is 0 Å². The van der Waals surface area contributed by atoms with Crippen LogP contribution in [-0.4, -0.2) is 9.97 Å². The van der Waals surface area contributed by atoms with Crippen LogP contribution in [0.15, 0.2) is 48.3 Å². The van der Waals surface area contributed by atoms with Crippen LogP contribution in [0.4, 0.5) is 0 Å². The molecule has 0 aliphatic heterocycles. The van der Waals surface area contributed by atoms with Gasteiger partial charge in [0, 0.05) is 18.0 Å². The first-order valence-corrected chi connectivity index (χ1v) is 11.4. The van der Waals surface area contributed by atoms with E-state index in [-0.39, 0.29) is 0 Å². The fourth-order valence-electron chi connectivity index (χ4n) is 5.03. The van der Waals surface area contributed by atoms with Crippen LogP contribution in [0.2, 0.25) is 0 Å². The zero-order chi connectivity index (χ0) is 19.2. The zero-order valence-electron chi connectivity index (χ0n) is 17.4. The second kappa shape index (κ2) is 9.49. The van der Waals surface area contributed by atoms with Gasteiger partial charge in [-0.15, -0.1) is 0 Å². The summed E-state index contributed by atoms with van der Waals surface area (Å²) in [5.74, 6) is 2.76. The lowest BCUT2D eigenvalue weighted by atomic mass is 9.76. The van der Waals surface area contributed by atoms with Crippen molar-refractivity contribution in [1.29, 1.82) is 0 Å². The maximum absolute atomic E-state index is 4.63. The molecular formula is C26H34N2. The standard InChI is InChI=1S/C26H34N2/c1-2-20-9-15-25(16-10-20)26-27-18-22(19-28-26)17-21-11-13-24(14-12-21)23-7-5-3-4-6-8-23/h9-11,15-16,18-19,23-24H,2-8,12-14,17H2,1H3. The lowest BCUT2D eigenvalue weighted by Crippen LogP contribution is -2.17. The summed E-state index contributed by atoms with van der Waals surface area (Å²) in [5.41, 5.74) is 5.29. The number of hydrogen-bond acceptors (Lipinski definition) is 2. The molecule has 0 amide bonds. The van der Waals surface area contributed by atoms with Crippen molar-refractivity contribution in [3.05, 3.63) is 59.4 Å². The fraction of sp³-hybridized carbons (Fsp3) is 0.538. The van der Waals surface area contributed by atoms with Crippen molar-refractivity contribution in [2.45, 2.75) is 77.6 Å². The molecule has 2 aliphatic rings. The van der Waals surface area contributed by atoms with Crippen molar-refractivity contribution < 1.29 is 0 Å². The Kier molecular flexibility index (Phi) is 6.57. The van der Waals surface area contributed by atoms with Gasteiger partial charge in [0.25, 0.3) is 0 Å². The lowest BCUT2D eigenvalue weighted by Gasteiger charge is -2.29. The van der Waals surface area contributed by atoms with Crippen molar-refractivity contribution in [2.24, 2.45) is 11.8 Å². The second-order valence-electron chi connectivity index (χ2n) is 8.79. The molecule has 2 nitrogen and oxygen atoms in total. The first kappa shape index (κ1) is 19.4. The number of nitrogens with zero attached hydrogens (tertiary/aromatic N) is 2. The SMILES string of the molecule is CCc1ccc(-c2ncc(CC3=CCC(C4CCCCCC4)CC3)cn2)cc1. The third-order valence-corrected chi connectivity index (χ3v) is 6.87. The normalized spacial score (nSPS) is 21.2. The lowest BCUT2D eigenvalue weighted by molar-refractivity contribution is 0.274. The third kappa shape index (κ3) is 4.90. The van der Waals surface area contributed by atoms with Crippen LogP contribution in [-0.2, 0) is 12.8 Å².